The van der Waals surface area contributed by atoms with Crippen LogP contribution in [0.1, 0.15) is 10.4 Å². The molecule has 0 bridgehead atoms. The summed E-state index contributed by atoms with van der Waals surface area (Å²) in [5.41, 5.74) is 0.121. The topological polar surface area (TPSA) is 55.4 Å². The number of ether oxygens (including phenoxy) is 1. The summed E-state index contributed by atoms with van der Waals surface area (Å²) in [5, 5.41) is 2.19. The highest BCUT2D eigenvalue weighted by Crippen LogP contribution is 2.14. The molecule has 0 saturated heterocycles. The Morgan fingerprint density at radius 1 is 1.05 bits per heavy atom. The molecule has 0 unspecified atom stereocenters. The van der Waals surface area contributed by atoms with Gasteiger partial charge in [0.1, 0.15) is 11.6 Å². The van der Waals surface area contributed by atoms with E-state index in [0.29, 0.717) is 11.6 Å². The summed E-state index contributed by atoms with van der Waals surface area (Å²) in [5.74, 6) is -3.03. The van der Waals surface area contributed by atoms with Crippen LogP contribution in [0.5, 0.6) is 0 Å². The summed E-state index contributed by atoms with van der Waals surface area (Å²) in [7, 11) is 0. The molecule has 0 spiro atoms. The minimum absolute atomic E-state index is 0.183. The average molecular weight is 291 g/mol. The van der Waals surface area contributed by atoms with Gasteiger partial charge in [-0.25, -0.2) is 13.6 Å². The maximum absolute atomic E-state index is 13.3. The molecular formula is C15H11F2NO3. The molecule has 0 aliphatic heterocycles. The lowest BCUT2D eigenvalue weighted by Crippen LogP contribution is -2.21. The Hall–Kier alpha value is -2.76. The number of esters is 1. The minimum Gasteiger partial charge on any atom is -0.452 e. The van der Waals surface area contributed by atoms with Gasteiger partial charge in [0.25, 0.3) is 5.91 Å². The van der Waals surface area contributed by atoms with E-state index in [4.69, 9.17) is 4.74 Å². The van der Waals surface area contributed by atoms with Gasteiger partial charge in [-0.3, -0.25) is 4.79 Å². The first-order chi connectivity index (χ1) is 10.1. The van der Waals surface area contributed by atoms with E-state index in [0.717, 1.165) is 12.1 Å². The SMILES string of the molecule is O=C(COC(=O)c1ccccc1)Nc1ccc(F)cc1F. The first-order valence-corrected chi connectivity index (χ1v) is 6.03. The van der Waals surface area contributed by atoms with Gasteiger partial charge in [0.15, 0.2) is 6.61 Å². The van der Waals surface area contributed by atoms with Crippen LogP contribution in [0.25, 0.3) is 0 Å². The summed E-state index contributed by atoms with van der Waals surface area (Å²) in [6, 6.07) is 10.9. The molecule has 4 nitrogen and oxygen atoms in total. The van der Waals surface area contributed by atoms with Crippen LogP contribution in [-0.4, -0.2) is 18.5 Å². The number of carbonyl (C=O) groups is 2. The van der Waals surface area contributed by atoms with Gasteiger partial charge in [0.05, 0.1) is 11.3 Å². The number of hydrogen-bond acceptors (Lipinski definition) is 3. The Morgan fingerprint density at radius 3 is 2.43 bits per heavy atom. The van der Waals surface area contributed by atoms with Crippen molar-refractivity contribution >= 4 is 17.6 Å². The molecular weight excluding hydrogens is 280 g/mol. The Bertz CT molecular complexity index is 659. The lowest BCUT2D eigenvalue weighted by atomic mass is 10.2. The number of amides is 1. The molecule has 0 fully saturated rings. The van der Waals surface area contributed by atoms with Crippen molar-refractivity contribution in [1.29, 1.82) is 0 Å². The van der Waals surface area contributed by atoms with E-state index in [1.165, 1.54) is 0 Å². The van der Waals surface area contributed by atoms with Gasteiger partial charge in [-0.1, -0.05) is 18.2 Å². The van der Waals surface area contributed by atoms with Crippen LogP contribution in [0.2, 0.25) is 0 Å². The molecule has 2 rings (SSSR count). The number of benzene rings is 2. The zero-order chi connectivity index (χ0) is 15.2. The minimum atomic E-state index is -0.905. The molecule has 1 N–H and O–H groups in total. The van der Waals surface area contributed by atoms with Crippen LogP contribution >= 0.6 is 0 Å². The lowest BCUT2D eigenvalue weighted by Gasteiger charge is -2.07. The fourth-order valence-electron chi connectivity index (χ4n) is 1.57. The molecule has 1 amide bonds. The molecule has 0 radical (unpaired) electrons. The zero-order valence-corrected chi connectivity index (χ0v) is 10.8. The maximum Gasteiger partial charge on any atom is 0.338 e. The second-order valence-electron chi connectivity index (χ2n) is 4.11. The monoisotopic (exact) mass is 291 g/mol. The fourth-order valence-corrected chi connectivity index (χ4v) is 1.57. The number of anilines is 1. The number of carbonyl (C=O) groups excluding carboxylic acids is 2. The maximum atomic E-state index is 13.3. The van der Waals surface area contributed by atoms with E-state index in [1.54, 1.807) is 30.3 Å². The van der Waals surface area contributed by atoms with Crippen molar-refractivity contribution in [2.24, 2.45) is 0 Å². The number of hydrogen-bond donors (Lipinski definition) is 1. The molecule has 0 heterocycles. The zero-order valence-electron chi connectivity index (χ0n) is 10.8. The van der Waals surface area contributed by atoms with Crippen molar-refractivity contribution in [2.45, 2.75) is 0 Å². The summed E-state index contributed by atoms with van der Waals surface area (Å²) < 4.78 is 30.8. The third-order valence-electron chi connectivity index (χ3n) is 2.55. The summed E-state index contributed by atoms with van der Waals surface area (Å²) >= 11 is 0. The van der Waals surface area contributed by atoms with E-state index < -0.39 is 30.1 Å². The van der Waals surface area contributed by atoms with Crippen LogP contribution in [0.3, 0.4) is 0 Å². The van der Waals surface area contributed by atoms with Gasteiger partial charge < -0.3 is 10.1 Å². The molecule has 0 aliphatic rings. The Kier molecular flexibility index (Phi) is 4.61. The van der Waals surface area contributed by atoms with Crippen molar-refractivity contribution < 1.29 is 23.1 Å². The van der Waals surface area contributed by atoms with Gasteiger partial charge in [-0.2, -0.15) is 0 Å². The first-order valence-electron chi connectivity index (χ1n) is 6.03. The Morgan fingerprint density at radius 2 is 1.76 bits per heavy atom. The highest BCUT2D eigenvalue weighted by Gasteiger charge is 2.11. The summed E-state index contributed by atoms with van der Waals surface area (Å²) in [4.78, 5) is 23.1. The molecule has 0 atom stereocenters. The quantitative estimate of drug-likeness (QED) is 0.881. The van der Waals surface area contributed by atoms with Crippen molar-refractivity contribution in [2.75, 3.05) is 11.9 Å². The van der Waals surface area contributed by atoms with Gasteiger partial charge in [0, 0.05) is 6.07 Å². The van der Waals surface area contributed by atoms with E-state index >= 15 is 0 Å². The van der Waals surface area contributed by atoms with E-state index in [9.17, 15) is 18.4 Å². The normalized spacial score (nSPS) is 10.0. The first kappa shape index (κ1) is 14.6. The third kappa shape index (κ3) is 4.10. The molecule has 0 saturated carbocycles. The van der Waals surface area contributed by atoms with Crippen LogP contribution in [0.15, 0.2) is 48.5 Å². The largest absolute Gasteiger partial charge is 0.452 e. The van der Waals surface area contributed by atoms with Crippen LogP contribution in [0.4, 0.5) is 14.5 Å². The van der Waals surface area contributed by atoms with Gasteiger partial charge in [0.2, 0.25) is 0 Å². The summed E-state index contributed by atoms with van der Waals surface area (Å²) in [6.45, 7) is -0.565. The predicted octanol–water partition coefficient (Wildman–Crippen LogP) is 2.76. The lowest BCUT2D eigenvalue weighted by molar-refractivity contribution is -0.119. The smallest absolute Gasteiger partial charge is 0.338 e. The van der Waals surface area contributed by atoms with Gasteiger partial charge in [-0.05, 0) is 24.3 Å². The molecule has 108 valence electrons. The molecule has 21 heavy (non-hydrogen) atoms. The third-order valence-corrected chi connectivity index (χ3v) is 2.55. The van der Waals surface area contributed by atoms with Crippen molar-refractivity contribution in [3.05, 3.63) is 65.7 Å². The van der Waals surface area contributed by atoms with Gasteiger partial charge >= 0.3 is 5.97 Å². The molecule has 0 aliphatic carbocycles. The van der Waals surface area contributed by atoms with Crippen molar-refractivity contribution in [3.8, 4) is 0 Å². The van der Waals surface area contributed by atoms with Crippen molar-refractivity contribution in [1.82, 2.24) is 0 Å². The van der Waals surface area contributed by atoms with E-state index in [1.807, 2.05) is 0 Å². The Balaban J connectivity index is 1.89. The standard InChI is InChI=1S/C15H11F2NO3/c16-11-6-7-13(12(17)8-11)18-14(19)9-21-15(20)10-4-2-1-3-5-10/h1-8H,9H2,(H,18,19). The summed E-state index contributed by atoms with van der Waals surface area (Å²) in [6.07, 6.45) is 0. The number of rotatable bonds is 4. The van der Waals surface area contributed by atoms with Crippen molar-refractivity contribution in [3.63, 3.8) is 0 Å². The van der Waals surface area contributed by atoms with Crippen LogP contribution in [0, 0.1) is 11.6 Å². The van der Waals surface area contributed by atoms with Crippen LogP contribution in [-0.2, 0) is 9.53 Å². The van der Waals surface area contributed by atoms with E-state index in [-0.39, 0.29) is 5.69 Å². The highest BCUT2D eigenvalue weighted by molar-refractivity contribution is 5.95. The molecule has 0 aromatic heterocycles. The molecule has 2 aromatic carbocycles. The number of nitrogens with one attached hydrogen (secondary N) is 1. The van der Waals surface area contributed by atoms with Gasteiger partial charge in [-0.15, -0.1) is 0 Å². The van der Waals surface area contributed by atoms with E-state index in [2.05, 4.69) is 5.32 Å². The second-order valence-corrected chi connectivity index (χ2v) is 4.11. The Labute approximate surface area is 119 Å². The molecule has 6 heteroatoms. The number of halogens is 2. The van der Waals surface area contributed by atoms with Crippen LogP contribution < -0.4 is 5.32 Å². The second kappa shape index (κ2) is 6.60. The highest BCUT2D eigenvalue weighted by atomic mass is 19.1. The average Bonchev–Trinajstić information content (AvgIpc) is 2.48. The fraction of sp³-hybridized carbons (Fsp3) is 0.0667. The predicted molar refractivity (Wildman–Crippen MR) is 71.7 cm³/mol. The molecule has 2 aromatic rings.